The van der Waals surface area contributed by atoms with Gasteiger partial charge in [0.1, 0.15) is 5.82 Å². The average molecular weight is 351 g/mol. The normalized spacial score (nSPS) is 11.5. The zero-order chi connectivity index (χ0) is 17.6. The third kappa shape index (κ3) is 5.71. The van der Waals surface area contributed by atoms with Crippen molar-refractivity contribution in [3.8, 4) is 0 Å². The number of sulfonamides is 1. The minimum Gasteiger partial charge on any atom is -0.326 e. The zero-order valence-corrected chi connectivity index (χ0v) is 14.0. The highest BCUT2D eigenvalue weighted by atomic mass is 32.2. The first kappa shape index (κ1) is 18.0. The van der Waals surface area contributed by atoms with Crippen molar-refractivity contribution in [1.82, 2.24) is 9.29 Å². The summed E-state index contributed by atoms with van der Waals surface area (Å²) in [4.78, 5) is 15.9. The quantitative estimate of drug-likeness (QED) is 0.828. The molecule has 0 aliphatic carbocycles. The molecule has 0 unspecified atom stereocenters. The van der Waals surface area contributed by atoms with Gasteiger partial charge in [-0.25, -0.2) is 12.8 Å². The lowest BCUT2D eigenvalue weighted by Crippen LogP contribution is -2.32. The van der Waals surface area contributed by atoms with Gasteiger partial charge in [0.2, 0.25) is 15.9 Å². The molecule has 6 nitrogen and oxygen atoms in total. The highest BCUT2D eigenvalue weighted by Gasteiger charge is 2.18. The number of carbonyl (C=O) groups excluding carboxylic acids is 1. The van der Waals surface area contributed by atoms with Crippen LogP contribution in [0.1, 0.15) is 12.0 Å². The SMILES string of the molecule is CS(=O)(=O)N(CCC(=O)Nc1cccc(F)c1)Cc1cccnc1. The van der Waals surface area contributed by atoms with Crippen molar-refractivity contribution in [2.45, 2.75) is 13.0 Å². The van der Waals surface area contributed by atoms with Crippen LogP contribution in [-0.2, 0) is 21.4 Å². The summed E-state index contributed by atoms with van der Waals surface area (Å²) in [6, 6.07) is 8.99. The van der Waals surface area contributed by atoms with Gasteiger partial charge < -0.3 is 5.32 Å². The van der Waals surface area contributed by atoms with E-state index in [9.17, 15) is 17.6 Å². The number of anilines is 1. The van der Waals surface area contributed by atoms with Gasteiger partial charge in [0, 0.05) is 37.6 Å². The molecule has 2 rings (SSSR count). The summed E-state index contributed by atoms with van der Waals surface area (Å²) in [5.41, 5.74) is 1.06. The average Bonchev–Trinajstić information content (AvgIpc) is 2.51. The standard InChI is InChI=1S/C16H18FN3O3S/c1-24(22,23)20(12-13-4-3-8-18-11-13)9-7-16(21)19-15-6-2-5-14(17)10-15/h2-6,8,10-11H,7,9,12H2,1H3,(H,19,21). The minimum absolute atomic E-state index is 0.0227. The predicted octanol–water partition coefficient (Wildman–Crippen LogP) is 2.01. The second-order valence-corrected chi connectivity index (χ2v) is 7.25. The van der Waals surface area contributed by atoms with E-state index in [1.54, 1.807) is 30.6 Å². The Bertz CT molecular complexity index is 797. The van der Waals surface area contributed by atoms with Crippen LogP contribution in [0.25, 0.3) is 0 Å². The van der Waals surface area contributed by atoms with Crippen molar-refractivity contribution >= 4 is 21.6 Å². The molecule has 1 aromatic heterocycles. The maximum Gasteiger partial charge on any atom is 0.225 e. The van der Waals surface area contributed by atoms with Gasteiger partial charge >= 0.3 is 0 Å². The largest absolute Gasteiger partial charge is 0.326 e. The number of nitrogens with one attached hydrogen (secondary N) is 1. The van der Waals surface area contributed by atoms with Crippen LogP contribution < -0.4 is 5.32 Å². The van der Waals surface area contributed by atoms with Gasteiger partial charge in [-0.2, -0.15) is 4.31 Å². The second kappa shape index (κ2) is 7.98. The molecule has 0 aliphatic rings. The van der Waals surface area contributed by atoms with Gasteiger partial charge in [-0.3, -0.25) is 9.78 Å². The molecule has 1 heterocycles. The van der Waals surface area contributed by atoms with Crippen LogP contribution in [0.5, 0.6) is 0 Å². The number of carbonyl (C=O) groups is 1. The Morgan fingerprint density at radius 1 is 1.29 bits per heavy atom. The molecule has 1 amide bonds. The van der Waals surface area contributed by atoms with Crippen LogP contribution >= 0.6 is 0 Å². The number of halogens is 1. The molecule has 0 atom stereocenters. The summed E-state index contributed by atoms with van der Waals surface area (Å²) in [6.45, 7) is 0.162. The van der Waals surface area contributed by atoms with Gasteiger partial charge in [0.05, 0.1) is 6.26 Å². The molecule has 0 saturated carbocycles. The van der Waals surface area contributed by atoms with Crippen molar-refractivity contribution in [1.29, 1.82) is 0 Å². The topological polar surface area (TPSA) is 79.4 Å². The molecular weight excluding hydrogens is 333 g/mol. The summed E-state index contributed by atoms with van der Waals surface area (Å²) >= 11 is 0. The Kier molecular flexibility index (Phi) is 5.99. The van der Waals surface area contributed by atoms with E-state index in [-0.39, 0.29) is 25.4 Å². The van der Waals surface area contributed by atoms with Crippen molar-refractivity contribution in [2.75, 3.05) is 18.1 Å². The van der Waals surface area contributed by atoms with Crippen LogP contribution in [0.15, 0.2) is 48.8 Å². The number of rotatable bonds is 7. The summed E-state index contributed by atoms with van der Waals surface area (Å²) < 4.78 is 38.0. The molecule has 24 heavy (non-hydrogen) atoms. The molecule has 0 aliphatic heterocycles. The number of amides is 1. The third-order valence-corrected chi connectivity index (χ3v) is 4.50. The first-order chi connectivity index (χ1) is 11.3. The molecule has 2 aromatic rings. The Labute approximate surface area is 140 Å². The van der Waals surface area contributed by atoms with Crippen molar-refractivity contribution in [3.63, 3.8) is 0 Å². The number of hydrogen-bond donors (Lipinski definition) is 1. The monoisotopic (exact) mass is 351 g/mol. The Morgan fingerprint density at radius 2 is 2.08 bits per heavy atom. The predicted molar refractivity (Wildman–Crippen MR) is 89.1 cm³/mol. The van der Waals surface area contributed by atoms with Crippen molar-refractivity contribution in [2.24, 2.45) is 0 Å². The fourth-order valence-electron chi connectivity index (χ4n) is 2.07. The minimum atomic E-state index is -3.47. The Hall–Kier alpha value is -2.32. The van der Waals surface area contributed by atoms with E-state index in [2.05, 4.69) is 10.3 Å². The van der Waals surface area contributed by atoms with E-state index in [0.29, 0.717) is 5.69 Å². The lowest BCUT2D eigenvalue weighted by molar-refractivity contribution is -0.116. The van der Waals surface area contributed by atoms with E-state index in [1.165, 1.54) is 22.5 Å². The second-order valence-electron chi connectivity index (χ2n) is 5.27. The molecule has 1 N–H and O–H groups in total. The van der Waals surface area contributed by atoms with E-state index in [1.807, 2.05) is 0 Å². The zero-order valence-electron chi connectivity index (χ0n) is 13.1. The van der Waals surface area contributed by atoms with Gasteiger partial charge in [-0.1, -0.05) is 12.1 Å². The van der Waals surface area contributed by atoms with Gasteiger partial charge in [0.15, 0.2) is 0 Å². The van der Waals surface area contributed by atoms with E-state index >= 15 is 0 Å². The molecular formula is C16H18FN3O3S. The molecule has 0 fully saturated rings. The smallest absolute Gasteiger partial charge is 0.225 e. The first-order valence-electron chi connectivity index (χ1n) is 7.24. The number of nitrogens with zero attached hydrogens (tertiary/aromatic N) is 2. The van der Waals surface area contributed by atoms with Crippen LogP contribution in [0, 0.1) is 5.82 Å². The van der Waals surface area contributed by atoms with Crippen LogP contribution in [0.2, 0.25) is 0 Å². The number of aromatic nitrogens is 1. The molecule has 8 heteroatoms. The Balaban J connectivity index is 1.96. The van der Waals surface area contributed by atoms with E-state index in [4.69, 9.17) is 0 Å². The molecule has 1 aromatic carbocycles. The Morgan fingerprint density at radius 3 is 2.71 bits per heavy atom. The number of benzene rings is 1. The van der Waals surface area contributed by atoms with Gasteiger partial charge in [0.25, 0.3) is 0 Å². The molecule has 0 saturated heterocycles. The van der Waals surface area contributed by atoms with Crippen molar-refractivity contribution in [3.05, 3.63) is 60.2 Å². The van der Waals surface area contributed by atoms with Crippen LogP contribution in [0.4, 0.5) is 10.1 Å². The van der Waals surface area contributed by atoms with Gasteiger partial charge in [-0.05, 0) is 29.8 Å². The maximum atomic E-state index is 13.1. The fourth-order valence-corrected chi connectivity index (χ4v) is 2.88. The maximum absolute atomic E-state index is 13.1. The highest BCUT2D eigenvalue weighted by molar-refractivity contribution is 7.88. The summed E-state index contributed by atoms with van der Waals surface area (Å²) in [7, 11) is -3.47. The van der Waals surface area contributed by atoms with Crippen LogP contribution in [0.3, 0.4) is 0 Å². The molecule has 0 bridgehead atoms. The highest BCUT2D eigenvalue weighted by Crippen LogP contribution is 2.11. The first-order valence-corrected chi connectivity index (χ1v) is 9.09. The lowest BCUT2D eigenvalue weighted by Gasteiger charge is -2.19. The fraction of sp³-hybridized carbons (Fsp3) is 0.250. The molecule has 0 spiro atoms. The van der Waals surface area contributed by atoms with Gasteiger partial charge in [-0.15, -0.1) is 0 Å². The molecule has 128 valence electrons. The number of pyridine rings is 1. The summed E-state index contributed by atoms with van der Waals surface area (Å²) in [6.07, 6.45) is 4.23. The summed E-state index contributed by atoms with van der Waals surface area (Å²) in [5.74, 6) is -0.845. The van der Waals surface area contributed by atoms with E-state index in [0.717, 1.165) is 11.8 Å². The lowest BCUT2D eigenvalue weighted by atomic mass is 10.2. The van der Waals surface area contributed by atoms with Crippen LogP contribution in [-0.4, -0.2) is 36.4 Å². The molecule has 0 radical (unpaired) electrons. The third-order valence-electron chi connectivity index (χ3n) is 3.25. The van der Waals surface area contributed by atoms with E-state index < -0.39 is 15.8 Å². The van der Waals surface area contributed by atoms with Crippen molar-refractivity contribution < 1.29 is 17.6 Å². The number of hydrogen-bond acceptors (Lipinski definition) is 4. The summed E-state index contributed by atoms with van der Waals surface area (Å²) in [5, 5.41) is 2.54.